The highest BCUT2D eigenvalue weighted by Gasteiger charge is 2.22. The number of hydrogen-bond donors (Lipinski definition) is 2. The zero-order chi connectivity index (χ0) is 15.0. The smallest absolute Gasteiger partial charge is 0.336 e. The highest BCUT2D eigenvalue weighted by atomic mass is 16.6. The lowest BCUT2D eigenvalue weighted by molar-refractivity contribution is -0.384. The van der Waals surface area contributed by atoms with Crippen LogP contribution in [0.2, 0.25) is 0 Å². The maximum Gasteiger partial charge on any atom is 0.336 e. The van der Waals surface area contributed by atoms with Gasteiger partial charge < -0.3 is 5.11 Å². The minimum absolute atomic E-state index is 0.0504. The van der Waals surface area contributed by atoms with Crippen LogP contribution in [0.5, 0.6) is 0 Å². The highest BCUT2D eigenvalue weighted by molar-refractivity contribution is 6.08. The Bertz CT molecular complexity index is 870. The van der Waals surface area contributed by atoms with E-state index in [0.717, 1.165) is 0 Å². The standard InChI is InChI=1S/C14H9N3O4/c18-14(19)9-5-3-6-10-12(9)13(16-15-10)8-4-1-2-7-11(8)17(20)21/h1-7H,(H,15,16)(H,18,19). The number of hydrogen-bond acceptors (Lipinski definition) is 4. The van der Waals surface area contributed by atoms with E-state index in [4.69, 9.17) is 0 Å². The Hall–Kier alpha value is -3.22. The van der Waals surface area contributed by atoms with Crippen molar-refractivity contribution in [2.75, 3.05) is 0 Å². The van der Waals surface area contributed by atoms with E-state index >= 15 is 0 Å². The van der Waals surface area contributed by atoms with E-state index in [1.807, 2.05) is 0 Å². The van der Waals surface area contributed by atoms with Gasteiger partial charge in [0.15, 0.2) is 0 Å². The molecule has 0 atom stereocenters. The molecule has 2 aromatic carbocycles. The molecule has 0 amide bonds. The van der Waals surface area contributed by atoms with Crippen LogP contribution >= 0.6 is 0 Å². The molecule has 0 saturated carbocycles. The maximum atomic E-state index is 11.3. The minimum Gasteiger partial charge on any atom is -0.478 e. The number of nitrogens with one attached hydrogen (secondary N) is 1. The third-order valence-electron chi connectivity index (χ3n) is 3.18. The van der Waals surface area contributed by atoms with Gasteiger partial charge in [0.05, 0.1) is 21.6 Å². The Labute approximate surface area is 118 Å². The molecule has 2 N–H and O–H groups in total. The Morgan fingerprint density at radius 2 is 1.95 bits per heavy atom. The minimum atomic E-state index is -1.11. The molecule has 104 valence electrons. The summed E-state index contributed by atoms with van der Waals surface area (Å²) in [7, 11) is 0. The molecular weight excluding hydrogens is 274 g/mol. The van der Waals surface area contributed by atoms with Gasteiger partial charge in [-0.05, 0) is 18.2 Å². The number of benzene rings is 2. The average Bonchev–Trinajstić information content (AvgIpc) is 2.90. The number of carboxylic acids is 1. The number of nitro benzene ring substituents is 1. The molecule has 0 spiro atoms. The zero-order valence-electron chi connectivity index (χ0n) is 10.6. The van der Waals surface area contributed by atoms with Crippen molar-refractivity contribution < 1.29 is 14.8 Å². The van der Waals surface area contributed by atoms with E-state index in [1.165, 1.54) is 12.1 Å². The fourth-order valence-electron chi connectivity index (χ4n) is 2.28. The Morgan fingerprint density at radius 1 is 1.19 bits per heavy atom. The molecule has 3 aromatic rings. The van der Waals surface area contributed by atoms with Crippen LogP contribution in [0.1, 0.15) is 10.4 Å². The molecule has 7 heteroatoms. The van der Waals surface area contributed by atoms with Crippen molar-refractivity contribution in [1.29, 1.82) is 0 Å². The summed E-state index contributed by atoms with van der Waals surface area (Å²) in [5.41, 5.74) is 0.987. The Morgan fingerprint density at radius 3 is 2.67 bits per heavy atom. The van der Waals surface area contributed by atoms with E-state index in [1.54, 1.807) is 30.3 Å². The molecule has 0 radical (unpaired) electrons. The van der Waals surface area contributed by atoms with Crippen molar-refractivity contribution in [3.63, 3.8) is 0 Å². The summed E-state index contributed by atoms with van der Waals surface area (Å²) in [4.78, 5) is 21.9. The summed E-state index contributed by atoms with van der Waals surface area (Å²) in [6.07, 6.45) is 0. The van der Waals surface area contributed by atoms with Crippen molar-refractivity contribution in [1.82, 2.24) is 10.2 Å². The first-order valence-corrected chi connectivity index (χ1v) is 6.04. The molecule has 0 saturated heterocycles. The van der Waals surface area contributed by atoms with Gasteiger partial charge in [-0.25, -0.2) is 4.79 Å². The maximum absolute atomic E-state index is 11.3. The van der Waals surface area contributed by atoms with E-state index < -0.39 is 10.9 Å². The lowest BCUT2D eigenvalue weighted by Crippen LogP contribution is -1.98. The van der Waals surface area contributed by atoms with Crippen molar-refractivity contribution in [2.24, 2.45) is 0 Å². The van der Waals surface area contributed by atoms with Gasteiger partial charge in [0, 0.05) is 11.5 Å². The second kappa shape index (κ2) is 4.71. The highest BCUT2D eigenvalue weighted by Crippen LogP contribution is 2.34. The van der Waals surface area contributed by atoms with Gasteiger partial charge >= 0.3 is 5.97 Å². The van der Waals surface area contributed by atoms with Crippen molar-refractivity contribution >= 4 is 22.6 Å². The number of H-pyrrole nitrogens is 1. The first-order chi connectivity index (χ1) is 10.1. The third-order valence-corrected chi connectivity index (χ3v) is 3.18. The number of rotatable bonds is 3. The predicted octanol–water partition coefficient (Wildman–Crippen LogP) is 2.84. The van der Waals surface area contributed by atoms with E-state index in [-0.39, 0.29) is 22.5 Å². The Kier molecular flexibility index (Phi) is 2.87. The third kappa shape index (κ3) is 2.00. The zero-order valence-corrected chi connectivity index (χ0v) is 10.6. The van der Waals surface area contributed by atoms with E-state index in [9.17, 15) is 20.0 Å². The van der Waals surface area contributed by atoms with Crippen LogP contribution in [-0.4, -0.2) is 26.2 Å². The molecular formula is C14H9N3O4. The van der Waals surface area contributed by atoms with Crippen LogP contribution in [0.15, 0.2) is 42.5 Å². The topological polar surface area (TPSA) is 109 Å². The summed E-state index contributed by atoms with van der Waals surface area (Å²) in [6.45, 7) is 0. The number of carboxylic acid groups (broad SMARTS) is 1. The molecule has 0 unspecified atom stereocenters. The van der Waals surface area contributed by atoms with Gasteiger partial charge in [-0.2, -0.15) is 5.10 Å². The fraction of sp³-hybridized carbons (Fsp3) is 0. The number of nitro groups is 1. The number of para-hydroxylation sites is 1. The van der Waals surface area contributed by atoms with Crippen molar-refractivity contribution in [3.05, 3.63) is 58.1 Å². The molecule has 21 heavy (non-hydrogen) atoms. The first kappa shape index (κ1) is 12.8. The summed E-state index contributed by atoms with van der Waals surface area (Å²) in [5.74, 6) is -1.11. The number of nitrogens with zero attached hydrogens (tertiary/aromatic N) is 2. The normalized spacial score (nSPS) is 10.7. The Balaban J connectivity index is 2.37. The second-order valence-corrected chi connectivity index (χ2v) is 4.38. The van der Waals surface area contributed by atoms with Crippen LogP contribution in [0, 0.1) is 10.1 Å². The molecule has 0 fully saturated rings. The number of aromatic amines is 1. The van der Waals surface area contributed by atoms with Crippen LogP contribution in [0.25, 0.3) is 22.2 Å². The number of aromatic carboxylic acids is 1. The van der Waals surface area contributed by atoms with Gasteiger partial charge in [-0.3, -0.25) is 15.2 Å². The number of aromatic nitrogens is 2. The lowest BCUT2D eigenvalue weighted by atomic mass is 10.0. The predicted molar refractivity (Wildman–Crippen MR) is 75.1 cm³/mol. The van der Waals surface area contributed by atoms with Crippen LogP contribution < -0.4 is 0 Å². The average molecular weight is 283 g/mol. The van der Waals surface area contributed by atoms with Crippen molar-refractivity contribution in [2.45, 2.75) is 0 Å². The largest absolute Gasteiger partial charge is 0.478 e. The van der Waals surface area contributed by atoms with Gasteiger partial charge in [-0.15, -0.1) is 0 Å². The summed E-state index contributed by atoms with van der Waals surface area (Å²) >= 11 is 0. The number of carbonyl (C=O) groups is 1. The van der Waals surface area contributed by atoms with Crippen LogP contribution in [0.3, 0.4) is 0 Å². The number of fused-ring (bicyclic) bond motifs is 1. The summed E-state index contributed by atoms with van der Waals surface area (Å²) < 4.78 is 0. The van der Waals surface area contributed by atoms with Gasteiger partial charge in [0.1, 0.15) is 5.69 Å². The second-order valence-electron chi connectivity index (χ2n) is 4.38. The van der Waals surface area contributed by atoms with E-state index in [0.29, 0.717) is 10.9 Å². The quantitative estimate of drug-likeness (QED) is 0.567. The molecule has 0 aliphatic heterocycles. The van der Waals surface area contributed by atoms with Gasteiger partial charge in [0.2, 0.25) is 0 Å². The van der Waals surface area contributed by atoms with Gasteiger partial charge in [0.25, 0.3) is 5.69 Å². The van der Waals surface area contributed by atoms with Crippen molar-refractivity contribution in [3.8, 4) is 11.3 Å². The molecule has 1 aromatic heterocycles. The summed E-state index contributed by atoms with van der Waals surface area (Å²) in [5, 5.41) is 27.5. The van der Waals surface area contributed by atoms with Gasteiger partial charge in [-0.1, -0.05) is 18.2 Å². The first-order valence-electron chi connectivity index (χ1n) is 6.04. The molecule has 0 aliphatic rings. The molecule has 1 heterocycles. The van der Waals surface area contributed by atoms with Crippen LogP contribution in [0.4, 0.5) is 5.69 Å². The molecule has 7 nitrogen and oxygen atoms in total. The molecule has 0 bridgehead atoms. The van der Waals surface area contributed by atoms with Crippen LogP contribution in [-0.2, 0) is 0 Å². The molecule has 0 aliphatic carbocycles. The monoisotopic (exact) mass is 283 g/mol. The fourth-order valence-corrected chi connectivity index (χ4v) is 2.28. The summed E-state index contributed by atoms with van der Waals surface area (Å²) in [6, 6.07) is 10.8. The molecule has 3 rings (SSSR count). The SMILES string of the molecule is O=C(O)c1cccc2[nH]nc(-c3ccccc3[N+](=O)[O-])c12. The van der Waals surface area contributed by atoms with E-state index in [2.05, 4.69) is 10.2 Å². The lowest BCUT2D eigenvalue weighted by Gasteiger charge is -2.02.